The maximum Gasteiger partial charge on any atom is 0.271 e. The molecule has 23 heavy (non-hydrogen) atoms. The zero-order valence-corrected chi connectivity index (χ0v) is 13.8. The first kappa shape index (κ1) is 18.6. The van der Waals surface area contributed by atoms with Crippen LogP contribution in [0.1, 0.15) is 44.0 Å². The smallest absolute Gasteiger partial charge is 0.271 e. The minimum atomic E-state index is -0.432. The Morgan fingerprint density at radius 1 is 1.17 bits per heavy atom. The van der Waals surface area contributed by atoms with Crippen LogP contribution in [0.4, 0.5) is 0 Å². The molecule has 1 atom stereocenters. The molecule has 0 saturated heterocycles. The summed E-state index contributed by atoms with van der Waals surface area (Å²) in [5.74, 6) is -0.825. The van der Waals surface area contributed by atoms with Gasteiger partial charge in [-0.2, -0.15) is 0 Å². The second kappa shape index (κ2) is 9.55. The first-order chi connectivity index (χ1) is 11.0. The van der Waals surface area contributed by atoms with Crippen molar-refractivity contribution in [3.8, 4) is 0 Å². The number of hydrogen-bond donors (Lipinski definition) is 2. The Labute approximate surface area is 136 Å². The van der Waals surface area contributed by atoms with Gasteiger partial charge in [0, 0.05) is 38.3 Å². The average molecular weight is 320 g/mol. The van der Waals surface area contributed by atoms with Gasteiger partial charge in [-0.3, -0.25) is 30.2 Å². The largest absolute Gasteiger partial charge is 0.343 e. The van der Waals surface area contributed by atoms with E-state index in [2.05, 4.69) is 15.8 Å². The Morgan fingerprint density at radius 2 is 1.87 bits per heavy atom. The summed E-state index contributed by atoms with van der Waals surface area (Å²) in [5.41, 5.74) is 5.04. The van der Waals surface area contributed by atoms with Crippen molar-refractivity contribution in [1.29, 1.82) is 0 Å². The molecule has 1 aromatic rings. The number of amides is 3. The van der Waals surface area contributed by atoms with Gasteiger partial charge in [0.25, 0.3) is 5.91 Å². The van der Waals surface area contributed by atoms with E-state index in [1.54, 1.807) is 23.2 Å². The van der Waals surface area contributed by atoms with Crippen LogP contribution in [0.5, 0.6) is 0 Å². The van der Waals surface area contributed by atoms with Crippen LogP contribution in [-0.4, -0.2) is 40.7 Å². The van der Waals surface area contributed by atoms with Crippen molar-refractivity contribution in [2.45, 2.75) is 33.6 Å². The van der Waals surface area contributed by atoms with Gasteiger partial charge in [-0.25, -0.2) is 0 Å². The van der Waals surface area contributed by atoms with E-state index in [-0.39, 0.29) is 24.2 Å². The number of rotatable bonds is 7. The van der Waals surface area contributed by atoms with Crippen LogP contribution in [0.15, 0.2) is 24.5 Å². The van der Waals surface area contributed by atoms with Crippen molar-refractivity contribution < 1.29 is 14.4 Å². The number of aromatic nitrogens is 1. The second-order valence-electron chi connectivity index (χ2n) is 5.32. The highest BCUT2D eigenvalue weighted by Gasteiger charge is 2.17. The normalized spacial score (nSPS) is 11.4. The van der Waals surface area contributed by atoms with Gasteiger partial charge in [-0.15, -0.1) is 0 Å². The van der Waals surface area contributed by atoms with Gasteiger partial charge in [0.1, 0.15) is 0 Å². The summed E-state index contributed by atoms with van der Waals surface area (Å²) >= 11 is 0. The van der Waals surface area contributed by atoms with Gasteiger partial charge in [0.15, 0.2) is 0 Å². The molecule has 1 unspecified atom stereocenters. The predicted molar refractivity (Wildman–Crippen MR) is 86.2 cm³/mol. The highest BCUT2D eigenvalue weighted by Crippen LogP contribution is 2.09. The van der Waals surface area contributed by atoms with Crippen molar-refractivity contribution in [1.82, 2.24) is 20.7 Å². The third kappa shape index (κ3) is 6.46. The maximum atomic E-state index is 12.0. The number of pyridine rings is 1. The lowest BCUT2D eigenvalue weighted by atomic mass is 10.0. The lowest BCUT2D eigenvalue weighted by molar-refractivity contribution is -0.132. The van der Waals surface area contributed by atoms with Crippen molar-refractivity contribution >= 4 is 17.7 Å². The first-order valence-corrected chi connectivity index (χ1v) is 7.74. The molecule has 0 aliphatic carbocycles. The minimum absolute atomic E-state index is 0.0368. The van der Waals surface area contributed by atoms with Crippen molar-refractivity contribution in [3.05, 3.63) is 30.1 Å². The highest BCUT2D eigenvalue weighted by molar-refractivity contribution is 5.95. The van der Waals surface area contributed by atoms with Crippen molar-refractivity contribution in [3.63, 3.8) is 0 Å². The van der Waals surface area contributed by atoms with E-state index in [4.69, 9.17) is 0 Å². The molecule has 0 radical (unpaired) electrons. The van der Waals surface area contributed by atoms with Crippen LogP contribution < -0.4 is 10.9 Å². The van der Waals surface area contributed by atoms with Crippen LogP contribution in [0, 0.1) is 5.92 Å². The van der Waals surface area contributed by atoms with E-state index in [1.165, 1.54) is 6.20 Å². The van der Waals surface area contributed by atoms with E-state index in [0.717, 1.165) is 0 Å². The van der Waals surface area contributed by atoms with E-state index >= 15 is 0 Å². The standard InChI is InChI=1S/C16H24N4O3/c1-4-20(5-2)15(22)10-12(3)9-14(21)18-19-16(23)13-7-6-8-17-11-13/h6-8,11-12H,4-5,9-10H2,1-3H3,(H,18,21)(H,19,23). The van der Waals surface area contributed by atoms with Gasteiger partial charge in [-0.05, 0) is 31.9 Å². The van der Waals surface area contributed by atoms with Crippen LogP contribution in [0.3, 0.4) is 0 Å². The molecule has 0 saturated carbocycles. The van der Waals surface area contributed by atoms with Gasteiger partial charge < -0.3 is 4.90 Å². The Kier molecular flexibility index (Phi) is 7.73. The summed E-state index contributed by atoms with van der Waals surface area (Å²) in [4.78, 5) is 41.1. The quantitative estimate of drug-likeness (QED) is 0.737. The van der Waals surface area contributed by atoms with Gasteiger partial charge >= 0.3 is 0 Å². The average Bonchev–Trinajstić information content (AvgIpc) is 2.54. The highest BCUT2D eigenvalue weighted by atomic mass is 16.2. The van der Waals surface area contributed by atoms with E-state index in [9.17, 15) is 14.4 Å². The molecule has 1 rings (SSSR count). The fourth-order valence-corrected chi connectivity index (χ4v) is 2.14. The lowest BCUT2D eigenvalue weighted by Crippen LogP contribution is -2.42. The van der Waals surface area contributed by atoms with E-state index < -0.39 is 5.91 Å². The number of hydrogen-bond acceptors (Lipinski definition) is 4. The van der Waals surface area contributed by atoms with Crippen molar-refractivity contribution in [2.75, 3.05) is 13.1 Å². The van der Waals surface area contributed by atoms with Crippen molar-refractivity contribution in [2.24, 2.45) is 5.92 Å². The molecular weight excluding hydrogens is 296 g/mol. The summed E-state index contributed by atoms with van der Waals surface area (Å²) in [6, 6.07) is 3.23. The van der Waals surface area contributed by atoms with E-state index in [0.29, 0.717) is 25.1 Å². The molecular formula is C16H24N4O3. The summed E-state index contributed by atoms with van der Waals surface area (Å²) in [5, 5.41) is 0. The monoisotopic (exact) mass is 320 g/mol. The van der Waals surface area contributed by atoms with Crippen LogP contribution in [-0.2, 0) is 9.59 Å². The molecule has 0 spiro atoms. The molecule has 0 bridgehead atoms. The fourth-order valence-electron chi connectivity index (χ4n) is 2.14. The molecule has 0 aliphatic heterocycles. The van der Waals surface area contributed by atoms with Crippen LogP contribution in [0.25, 0.3) is 0 Å². The topological polar surface area (TPSA) is 91.4 Å². The molecule has 2 N–H and O–H groups in total. The number of hydrazine groups is 1. The third-order valence-electron chi connectivity index (χ3n) is 3.41. The zero-order valence-electron chi connectivity index (χ0n) is 13.8. The summed E-state index contributed by atoms with van der Waals surface area (Å²) in [6.07, 6.45) is 3.45. The number of nitrogens with zero attached hydrogens (tertiary/aromatic N) is 2. The molecule has 7 heteroatoms. The number of carbonyl (C=O) groups is 3. The predicted octanol–water partition coefficient (Wildman–Crippen LogP) is 1.13. The Hall–Kier alpha value is -2.44. The van der Waals surface area contributed by atoms with Crippen LogP contribution in [0.2, 0.25) is 0 Å². The Bertz CT molecular complexity index is 529. The fraction of sp³-hybridized carbons (Fsp3) is 0.500. The summed E-state index contributed by atoms with van der Waals surface area (Å²) in [7, 11) is 0. The SMILES string of the molecule is CCN(CC)C(=O)CC(C)CC(=O)NNC(=O)c1cccnc1. The lowest BCUT2D eigenvalue weighted by Gasteiger charge is -2.20. The van der Waals surface area contributed by atoms with Gasteiger partial charge in [0.05, 0.1) is 5.56 Å². The number of nitrogens with one attached hydrogen (secondary N) is 2. The Balaban J connectivity index is 2.36. The molecule has 1 aromatic heterocycles. The molecule has 1 heterocycles. The molecule has 0 aliphatic rings. The molecule has 3 amide bonds. The Morgan fingerprint density at radius 3 is 2.43 bits per heavy atom. The summed E-state index contributed by atoms with van der Waals surface area (Å²) < 4.78 is 0. The third-order valence-corrected chi connectivity index (χ3v) is 3.41. The maximum absolute atomic E-state index is 12.0. The molecule has 0 aromatic carbocycles. The van der Waals surface area contributed by atoms with Crippen LogP contribution >= 0.6 is 0 Å². The summed E-state index contributed by atoms with van der Waals surface area (Å²) in [6.45, 7) is 7.01. The second-order valence-corrected chi connectivity index (χ2v) is 5.32. The number of carbonyl (C=O) groups excluding carboxylic acids is 3. The first-order valence-electron chi connectivity index (χ1n) is 7.74. The molecule has 7 nitrogen and oxygen atoms in total. The van der Waals surface area contributed by atoms with Gasteiger partial charge in [0.2, 0.25) is 11.8 Å². The van der Waals surface area contributed by atoms with E-state index in [1.807, 2.05) is 20.8 Å². The molecule has 0 fully saturated rings. The van der Waals surface area contributed by atoms with Gasteiger partial charge in [-0.1, -0.05) is 6.92 Å². The molecule has 126 valence electrons. The zero-order chi connectivity index (χ0) is 17.2. The minimum Gasteiger partial charge on any atom is -0.343 e.